The van der Waals surface area contributed by atoms with E-state index < -0.39 is 0 Å². The monoisotopic (exact) mass is 270 g/mol. The van der Waals surface area contributed by atoms with Gasteiger partial charge in [-0.25, -0.2) is 0 Å². The van der Waals surface area contributed by atoms with E-state index in [1.165, 1.54) is 7.11 Å². The molecule has 0 aliphatic carbocycles. The van der Waals surface area contributed by atoms with Crippen LogP contribution in [-0.2, 0) is 14.3 Å². The minimum Gasteiger partial charge on any atom is -0.468 e. The Morgan fingerprint density at radius 1 is 1.32 bits per heavy atom. The van der Waals surface area contributed by atoms with E-state index in [-0.39, 0.29) is 17.9 Å². The van der Waals surface area contributed by atoms with Crippen LogP contribution in [0, 0.1) is 0 Å². The smallest absolute Gasteiger partial charge is 0.323 e. The Hall–Kier alpha value is -1.10. The van der Waals surface area contributed by atoms with E-state index in [0.29, 0.717) is 6.54 Å². The zero-order chi connectivity index (χ0) is 14.3. The lowest BCUT2D eigenvalue weighted by Crippen LogP contribution is -2.45. The molecule has 0 bridgehead atoms. The first-order valence-corrected chi connectivity index (χ1v) is 7.16. The largest absolute Gasteiger partial charge is 0.468 e. The Bertz CT molecular complexity index is 301. The second-order valence-corrected chi connectivity index (χ2v) is 5.18. The van der Waals surface area contributed by atoms with Gasteiger partial charge in [-0.1, -0.05) is 19.8 Å². The third kappa shape index (κ3) is 4.82. The van der Waals surface area contributed by atoms with Crippen molar-refractivity contribution in [2.75, 3.05) is 33.8 Å². The first-order valence-electron chi connectivity index (χ1n) is 7.16. The van der Waals surface area contributed by atoms with Crippen molar-refractivity contribution in [2.24, 2.45) is 0 Å². The predicted molar refractivity (Wildman–Crippen MR) is 73.8 cm³/mol. The molecule has 1 amide bonds. The van der Waals surface area contributed by atoms with Crippen LogP contribution in [0.3, 0.4) is 0 Å². The van der Waals surface area contributed by atoms with Crippen LogP contribution >= 0.6 is 0 Å². The Kier molecular flexibility index (Phi) is 6.84. The highest BCUT2D eigenvalue weighted by molar-refractivity contribution is 5.80. The maximum Gasteiger partial charge on any atom is 0.323 e. The summed E-state index contributed by atoms with van der Waals surface area (Å²) in [5.74, 6) is -0.129. The number of amides is 1. The summed E-state index contributed by atoms with van der Waals surface area (Å²) in [6, 6.07) is -0.309. The van der Waals surface area contributed by atoms with Gasteiger partial charge in [0.15, 0.2) is 0 Å². The van der Waals surface area contributed by atoms with Gasteiger partial charge < -0.3 is 9.64 Å². The molecule has 1 heterocycles. The molecule has 5 heteroatoms. The van der Waals surface area contributed by atoms with Crippen molar-refractivity contribution in [2.45, 2.75) is 45.1 Å². The van der Waals surface area contributed by atoms with Gasteiger partial charge in [0, 0.05) is 13.1 Å². The summed E-state index contributed by atoms with van der Waals surface area (Å²) in [6.45, 7) is 4.09. The first kappa shape index (κ1) is 16.0. The molecule has 19 heavy (non-hydrogen) atoms. The summed E-state index contributed by atoms with van der Waals surface area (Å²) < 4.78 is 4.83. The number of esters is 1. The summed E-state index contributed by atoms with van der Waals surface area (Å²) in [6.07, 6.45) is 4.91. The van der Waals surface area contributed by atoms with Crippen LogP contribution in [0.4, 0.5) is 0 Å². The van der Waals surface area contributed by atoms with Crippen LogP contribution < -0.4 is 0 Å². The van der Waals surface area contributed by atoms with E-state index in [0.717, 1.165) is 45.2 Å². The second-order valence-electron chi connectivity index (χ2n) is 5.18. The Labute approximate surface area is 115 Å². The zero-order valence-electron chi connectivity index (χ0n) is 12.4. The van der Waals surface area contributed by atoms with E-state index >= 15 is 0 Å². The molecule has 0 saturated carbocycles. The van der Waals surface area contributed by atoms with Gasteiger partial charge in [0.25, 0.3) is 0 Å². The van der Waals surface area contributed by atoms with Crippen molar-refractivity contribution >= 4 is 11.9 Å². The van der Waals surface area contributed by atoms with E-state index in [1.807, 2.05) is 16.8 Å². The maximum absolute atomic E-state index is 12.1. The molecule has 1 rings (SSSR count). The number of hydrogen-bond donors (Lipinski definition) is 0. The molecule has 1 aliphatic heterocycles. The van der Waals surface area contributed by atoms with E-state index in [9.17, 15) is 9.59 Å². The van der Waals surface area contributed by atoms with Crippen LogP contribution in [0.5, 0.6) is 0 Å². The predicted octanol–water partition coefficient (Wildman–Crippen LogP) is 1.27. The summed E-state index contributed by atoms with van der Waals surface area (Å²) in [5, 5.41) is 0. The molecular formula is C14H26N2O3. The molecule has 5 nitrogen and oxygen atoms in total. The van der Waals surface area contributed by atoms with Gasteiger partial charge in [0.1, 0.15) is 6.04 Å². The number of rotatable bonds is 7. The first-order chi connectivity index (χ1) is 9.10. The van der Waals surface area contributed by atoms with Gasteiger partial charge in [-0.2, -0.15) is 0 Å². The van der Waals surface area contributed by atoms with E-state index in [1.54, 1.807) is 0 Å². The topological polar surface area (TPSA) is 49.9 Å². The summed E-state index contributed by atoms with van der Waals surface area (Å²) in [5.41, 5.74) is 0. The zero-order valence-corrected chi connectivity index (χ0v) is 12.4. The number of nitrogens with zero attached hydrogens (tertiary/aromatic N) is 2. The minimum absolute atomic E-state index is 0.116. The molecule has 1 atom stereocenters. The van der Waals surface area contributed by atoms with Crippen molar-refractivity contribution in [1.82, 2.24) is 9.80 Å². The van der Waals surface area contributed by atoms with Gasteiger partial charge in [-0.3, -0.25) is 14.5 Å². The van der Waals surface area contributed by atoms with Crippen LogP contribution in [0.15, 0.2) is 0 Å². The van der Waals surface area contributed by atoms with E-state index in [2.05, 4.69) is 6.92 Å². The van der Waals surface area contributed by atoms with Crippen LogP contribution in [0.25, 0.3) is 0 Å². The van der Waals surface area contributed by atoms with Crippen molar-refractivity contribution in [3.8, 4) is 0 Å². The summed E-state index contributed by atoms with van der Waals surface area (Å²) in [4.78, 5) is 27.6. The molecule has 0 radical (unpaired) electrons. The summed E-state index contributed by atoms with van der Waals surface area (Å²) in [7, 11) is 3.22. The number of likely N-dealkylation sites (tertiary alicyclic amines) is 1. The molecular weight excluding hydrogens is 244 g/mol. The molecule has 0 aromatic rings. The molecule has 1 saturated heterocycles. The van der Waals surface area contributed by atoms with Crippen LogP contribution in [-0.4, -0.2) is 61.5 Å². The number of unbranched alkanes of at least 4 members (excludes halogenated alkanes) is 1. The van der Waals surface area contributed by atoms with Crippen LogP contribution in [0.2, 0.25) is 0 Å². The average molecular weight is 270 g/mol. The highest BCUT2D eigenvalue weighted by Crippen LogP contribution is 2.12. The highest BCUT2D eigenvalue weighted by Gasteiger charge is 2.27. The lowest BCUT2D eigenvalue weighted by molar-refractivity contribution is -0.147. The fraction of sp³-hybridized carbons (Fsp3) is 0.857. The standard InChI is InChI=1S/C14H26N2O3/c1-4-5-8-12(14(18)19-3)15(2)11-13(17)16-9-6-7-10-16/h12H,4-11H2,1-3H3. The number of methoxy groups -OCH3 is 1. The third-order valence-corrected chi connectivity index (χ3v) is 3.68. The molecule has 0 aromatic heterocycles. The van der Waals surface area contributed by atoms with Crippen LogP contribution in [0.1, 0.15) is 39.0 Å². The van der Waals surface area contributed by atoms with Crippen molar-refractivity contribution in [3.05, 3.63) is 0 Å². The number of carbonyl (C=O) groups excluding carboxylic acids is 2. The van der Waals surface area contributed by atoms with Crippen molar-refractivity contribution in [1.29, 1.82) is 0 Å². The fourth-order valence-electron chi connectivity index (χ4n) is 2.44. The molecule has 1 unspecified atom stereocenters. The quantitative estimate of drug-likeness (QED) is 0.654. The number of likely N-dealkylation sites (N-methyl/N-ethyl adjacent to an activating group) is 1. The molecule has 0 spiro atoms. The molecule has 0 aromatic carbocycles. The Balaban J connectivity index is 2.52. The van der Waals surface area contributed by atoms with Gasteiger partial charge in [-0.15, -0.1) is 0 Å². The van der Waals surface area contributed by atoms with Gasteiger partial charge >= 0.3 is 5.97 Å². The number of hydrogen-bond acceptors (Lipinski definition) is 4. The SMILES string of the molecule is CCCCC(C(=O)OC)N(C)CC(=O)N1CCCC1. The minimum atomic E-state index is -0.309. The molecule has 0 N–H and O–H groups in total. The molecule has 1 fully saturated rings. The lowest BCUT2D eigenvalue weighted by atomic mass is 10.1. The third-order valence-electron chi connectivity index (χ3n) is 3.68. The number of carbonyl (C=O) groups is 2. The van der Waals surface area contributed by atoms with Gasteiger partial charge in [0.05, 0.1) is 13.7 Å². The fourth-order valence-corrected chi connectivity index (χ4v) is 2.44. The normalized spacial score (nSPS) is 16.7. The highest BCUT2D eigenvalue weighted by atomic mass is 16.5. The molecule has 110 valence electrons. The lowest BCUT2D eigenvalue weighted by Gasteiger charge is -2.27. The van der Waals surface area contributed by atoms with Gasteiger partial charge in [0.2, 0.25) is 5.91 Å². The second kappa shape index (κ2) is 8.15. The van der Waals surface area contributed by atoms with E-state index in [4.69, 9.17) is 4.74 Å². The number of ether oxygens (including phenoxy) is 1. The van der Waals surface area contributed by atoms with Gasteiger partial charge in [-0.05, 0) is 26.3 Å². The maximum atomic E-state index is 12.1. The van der Waals surface area contributed by atoms with Crippen molar-refractivity contribution < 1.29 is 14.3 Å². The Morgan fingerprint density at radius 3 is 2.47 bits per heavy atom. The molecule has 1 aliphatic rings. The average Bonchev–Trinajstić information content (AvgIpc) is 2.92. The summed E-state index contributed by atoms with van der Waals surface area (Å²) >= 11 is 0. The van der Waals surface area contributed by atoms with Crippen molar-refractivity contribution in [3.63, 3.8) is 0 Å². The Morgan fingerprint density at radius 2 is 1.95 bits per heavy atom.